The first-order valence-corrected chi connectivity index (χ1v) is 10.4. The molecule has 34 heavy (non-hydrogen) atoms. The van der Waals surface area contributed by atoms with Gasteiger partial charge in [-0.15, -0.1) is 0 Å². The predicted molar refractivity (Wildman–Crippen MR) is 122 cm³/mol. The van der Waals surface area contributed by atoms with Crippen molar-refractivity contribution in [2.75, 3.05) is 34.3 Å². The number of ketones is 1. The Balaban J connectivity index is 2.22. The summed E-state index contributed by atoms with van der Waals surface area (Å²) < 4.78 is 4.76. The van der Waals surface area contributed by atoms with Gasteiger partial charge in [0, 0.05) is 36.5 Å². The molecule has 1 fully saturated rings. The fourth-order valence-electron chi connectivity index (χ4n) is 4.09. The van der Waals surface area contributed by atoms with Crippen LogP contribution in [0.5, 0.6) is 0 Å². The molecule has 1 unspecified atom stereocenters. The molecule has 2 aromatic rings. The first-order chi connectivity index (χ1) is 16.0. The van der Waals surface area contributed by atoms with E-state index in [9.17, 15) is 29.6 Å². The fourth-order valence-corrected chi connectivity index (χ4v) is 4.09. The first kappa shape index (κ1) is 24.6. The van der Waals surface area contributed by atoms with E-state index in [0.717, 1.165) is 0 Å². The maximum absolute atomic E-state index is 13.1. The Morgan fingerprint density at radius 3 is 2.38 bits per heavy atom. The van der Waals surface area contributed by atoms with E-state index >= 15 is 0 Å². The zero-order valence-electron chi connectivity index (χ0n) is 19.5. The summed E-state index contributed by atoms with van der Waals surface area (Å²) in [4.78, 5) is 54.8. The average Bonchev–Trinajstić information content (AvgIpc) is 3.23. The summed E-state index contributed by atoms with van der Waals surface area (Å²) in [5.41, 5.74) is 1.26. The average molecular weight is 470 g/mol. The number of aromatic amines is 1. The Bertz CT molecular complexity index is 1190. The molecule has 2 heterocycles. The summed E-state index contributed by atoms with van der Waals surface area (Å²) >= 11 is 0. The minimum absolute atomic E-state index is 0.121. The number of rotatable bonds is 7. The van der Waals surface area contributed by atoms with Gasteiger partial charge in [-0.2, -0.15) is 0 Å². The minimum Gasteiger partial charge on any atom is -0.507 e. The molecular weight excluding hydrogens is 444 g/mol. The van der Waals surface area contributed by atoms with Gasteiger partial charge in [0.2, 0.25) is 0 Å². The SMILES string of the molecule is COC(=O)c1[nH]c(C)c(/C(O)=C2\C(=O)C(=O)N(CCN(C)C)C2c2ccc([N+](=O)[O-])cc2)c1C. The zero-order chi connectivity index (χ0) is 25.3. The molecule has 11 heteroatoms. The number of esters is 1. The summed E-state index contributed by atoms with van der Waals surface area (Å²) in [7, 11) is 4.86. The summed E-state index contributed by atoms with van der Waals surface area (Å²) in [6.45, 7) is 3.85. The fraction of sp³-hybridized carbons (Fsp3) is 0.348. The number of benzene rings is 1. The van der Waals surface area contributed by atoms with Crippen molar-refractivity contribution >= 4 is 29.1 Å². The Hall–Kier alpha value is -3.99. The van der Waals surface area contributed by atoms with Gasteiger partial charge in [-0.25, -0.2) is 4.79 Å². The number of aryl methyl sites for hydroxylation is 1. The van der Waals surface area contributed by atoms with Gasteiger partial charge in [-0.1, -0.05) is 0 Å². The number of likely N-dealkylation sites (tertiary alicyclic amines) is 1. The van der Waals surface area contributed by atoms with E-state index < -0.39 is 34.4 Å². The number of nitrogens with one attached hydrogen (secondary N) is 1. The molecule has 1 amide bonds. The molecule has 1 saturated heterocycles. The van der Waals surface area contributed by atoms with Crippen molar-refractivity contribution in [3.63, 3.8) is 0 Å². The minimum atomic E-state index is -0.962. The highest BCUT2D eigenvalue weighted by atomic mass is 16.6. The molecule has 3 rings (SSSR count). The number of carbonyl (C=O) groups is 3. The van der Waals surface area contributed by atoms with Crippen molar-refractivity contribution in [2.24, 2.45) is 0 Å². The van der Waals surface area contributed by atoms with E-state index in [4.69, 9.17) is 4.74 Å². The Labute approximate surface area is 195 Å². The van der Waals surface area contributed by atoms with Crippen LogP contribution in [0, 0.1) is 24.0 Å². The van der Waals surface area contributed by atoms with Crippen LogP contribution in [-0.4, -0.2) is 76.8 Å². The number of aromatic nitrogens is 1. The van der Waals surface area contributed by atoms with Gasteiger partial charge in [0.25, 0.3) is 17.4 Å². The topological polar surface area (TPSA) is 146 Å². The number of aliphatic hydroxyl groups excluding tert-OH is 1. The number of H-pyrrole nitrogens is 1. The summed E-state index contributed by atoms with van der Waals surface area (Å²) in [6, 6.07) is 4.52. The summed E-state index contributed by atoms with van der Waals surface area (Å²) in [6.07, 6.45) is 0. The molecule has 0 spiro atoms. The van der Waals surface area contributed by atoms with Gasteiger partial charge >= 0.3 is 5.97 Å². The number of ether oxygens (including phenoxy) is 1. The Morgan fingerprint density at radius 2 is 1.85 bits per heavy atom. The van der Waals surface area contributed by atoms with E-state index in [1.807, 2.05) is 19.0 Å². The molecule has 0 radical (unpaired) electrons. The molecule has 11 nitrogen and oxygen atoms in total. The first-order valence-electron chi connectivity index (χ1n) is 10.4. The molecule has 0 bridgehead atoms. The van der Waals surface area contributed by atoms with Gasteiger partial charge in [-0.3, -0.25) is 19.7 Å². The van der Waals surface area contributed by atoms with Crippen LogP contribution >= 0.6 is 0 Å². The maximum atomic E-state index is 13.1. The number of carbonyl (C=O) groups excluding carboxylic acids is 3. The molecule has 2 N–H and O–H groups in total. The summed E-state index contributed by atoms with van der Waals surface area (Å²) in [5, 5.41) is 22.4. The third-order valence-electron chi connectivity index (χ3n) is 5.81. The monoisotopic (exact) mass is 470 g/mol. The number of methoxy groups -OCH3 is 1. The lowest BCUT2D eigenvalue weighted by atomic mass is 9.94. The zero-order valence-corrected chi connectivity index (χ0v) is 19.5. The quantitative estimate of drug-likeness (QED) is 0.157. The number of nitrogens with zero attached hydrogens (tertiary/aromatic N) is 3. The van der Waals surface area contributed by atoms with Crippen molar-refractivity contribution in [1.82, 2.24) is 14.8 Å². The highest BCUT2D eigenvalue weighted by molar-refractivity contribution is 6.46. The second kappa shape index (κ2) is 9.48. The number of hydrogen-bond acceptors (Lipinski definition) is 8. The van der Waals surface area contributed by atoms with Gasteiger partial charge in [0.1, 0.15) is 11.5 Å². The smallest absolute Gasteiger partial charge is 0.354 e. The largest absolute Gasteiger partial charge is 0.507 e. The molecule has 1 aromatic carbocycles. The van der Waals surface area contributed by atoms with Crippen molar-refractivity contribution in [1.29, 1.82) is 0 Å². The lowest BCUT2D eigenvalue weighted by Gasteiger charge is -2.26. The third kappa shape index (κ3) is 4.29. The van der Waals surface area contributed by atoms with Crippen LogP contribution in [0.25, 0.3) is 5.76 Å². The van der Waals surface area contributed by atoms with Crippen LogP contribution < -0.4 is 0 Å². The lowest BCUT2D eigenvalue weighted by molar-refractivity contribution is -0.384. The normalized spacial score (nSPS) is 17.5. The maximum Gasteiger partial charge on any atom is 0.354 e. The molecule has 180 valence electrons. The van der Waals surface area contributed by atoms with E-state index in [2.05, 4.69) is 4.98 Å². The van der Waals surface area contributed by atoms with Gasteiger partial charge < -0.3 is 24.6 Å². The van der Waals surface area contributed by atoms with E-state index in [0.29, 0.717) is 23.4 Å². The second-order valence-corrected chi connectivity index (χ2v) is 8.26. The van der Waals surface area contributed by atoms with Crippen LogP contribution in [0.3, 0.4) is 0 Å². The molecule has 0 saturated carbocycles. The van der Waals surface area contributed by atoms with Gasteiger partial charge in [-0.05, 0) is 51.2 Å². The standard InChI is InChI=1S/C23H26N4O7/c1-12-16(13(2)24-18(12)23(31)34-5)20(28)17-19(14-6-8-15(9-7-14)27(32)33)26(11-10-25(3)4)22(30)21(17)29/h6-9,19,24,28H,10-11H2,1-5H3/b20-17+. The number of Topliss-reactive ketones (excluding diaryl/α,β-unsaturated/α-hetero) is 1. The van der Waals surface area contributed by atoms with Crippen LogP contribution in [0.2, 0.25) is 0 Å². The highest BCUT2D eigenvalue weighted by Gasteiger charge is 2.46. The van der Waals surface area contributed by atoms with Crippen LogP contribution in [0.15, 0.2) is 29.8 Å². The van der Waals surface area contributed by atoms with Gasteiger partial charge in [0.05, 0.1) is 23.6 Å². The van der Waals surface area contributed by atoms with Crippen molar-refractivity contribution in [3.8, 4) is 0 Å². The van der Waals surface area contributed by atoms with Crippen LogP contribution in [0.4, 0.5) is 5.69 Å². The number of amides is 1. The van der Waals surface area contributed by atoms with Crippen molar-refractivity contribution in [2.45, 2.75) is 19.9 Å². The second-order valence-electron chi connectivity index (χ2n) is 8.26. The third-order valence-corrected chi connectivity index (χ3v) is 5.81. The molecule has 1 aliphatic heterocycles. The molecular formula is C23H26N4O7. The molecule has 1 atom stereocenters. The van der Waals surface area contributed by atoms with Crippen LogP contribution in [-0.2, 0) is 14.3 Å². The molecule has 1 aromatic heterocycles. The van der Waals surface area contributed by atoms with E-state index in [1.54, 1.807) is 13.8 Å². The van der Waals surface area contributed by atoms with Crippen molar-refractivity contribution in [3.05, 3.63) is 68.0 Å². The van der Waals surface area contributed by atoms with Crippen LogP contribution in [0.1, 0.15) is 38.9 Å². The number of nitro benzene ring substituents is 1. The Kier molecular flexibility index (Phi) is 6.87. The molecule has 1 aliphatic rings. The van der Waals surface area contributed by atoms with Crippen molar-refractivity contribution < 1.29 is 29.2 Å². The molecule has 0 aliphatic carbocycles. The van der Waals surface area contributed by atoms with E-state index in [-0.39, 0.29) is 29.1 Å². The highest BCUT2D eigenvalue weighted by Crippen LogP contribution is 2.41. The number of aliphatic hydroxyl groups is 1. The van der Waals surface area contributed by atoms with Gasteiger partial charge in [0.15, 0.2) is 0 Å². The number of non-ortho nitro benzene ring substituents is 1. The number of nitro groups is 1. The van der Waals surface area contributed by atoms with E-state index in [1.165, 1.54) is 36.3 Å². The lowest BCUT2D eigenvalue weighted by Crippen LogP contribution is -2.35. The number of likely N-dealkylation sites (N-methyl/N-ethyl adjacent to an activating group) is 1. The Morgan fingerprint density at radius 1 is 1.24 bits per heavy atom. The predicted octanol–water partition coefficient (Wildman–Crippen LogP) is 2.31. The summed E-state index contributed by atoms with van der Waals surface area (Å²) in [5.74, 6) is -2.74. The number of hydrogen-bond donors (Lipinski definition) is 2.